The van der Waals surface area contributed by atoms with E-state index in [-0.39, 0.29) is 6.04 Å². The maximum absolute atomic E-state index is 5.43. The maximum Gasteiger partial charge on any atom is 0.144 e. The highest BCUT2D eigenvalue weighted by Crippen LogP contribution is 2.33. The Morgan fingerprint density at radius 1 is 1.55 bits per heavy atom. The molecule has 1 unspecified atom stereocenters. The van der Waals surface area contributed by atoms with Crippen LogP contribution in [0.1, 0.15) is 0 Å². The lowest BCUT2D eigenvalue weighted by Gasteiger charge is -2.28. The van der Waals surface area contributed by atoms with Crippen molar-refractivity contribution in [1.29, 1.82) is 0 Å². The number of rotatable bonds is 0. The Morgan fingerprint density at radius 2 is 2.55 bits per heavy atom. The number of hydrogen-bond donors (Lipinski definition) is 0. The van der Waals surface area contributed by atoms with Gasteiger partial charge in [0.2, 0.25) is 0 Å². The van der Waals surface area contributed by atoms with Gasteiger partial charge in [-0.1, -0.05) is 18.2 Å². The third kappa shape index (κ3) is 0.546. The lowest BCUT2D eigenvalue weighted by Crippen LogP contribution is -2.27. The summed E-state index contributed by atoms with van der Waals surface area (Å²) >= 11 is 0. The van der Waals surface area contributed by atoms with E-state index in [0.29, 0.717) is 0 Å². The van der Waals surface area contributed by atoms with E-state index in [1.165, 1.54) is 11.1 Å². The maximum atomic E-state index is 5.43. The van der Waals surface area contributed by atoms with Crippen LogP contribution in [0.15, 0.2) is 40.1 Å². The van der Waals surface area contributed by atoms with E-state index < -0.39 is 0 Å². The number of dihydropyridines is 1. The van der Waals surface area contributed by atoms with Crippen LogP contribution >= 0.6 is 0 Å². The predicted octanol–water partition coefficient (Wildman–Crippen LogP) is 1.22. The molecule has 0 saturated carbocycles. The van der Waals surface area contributed by atoms with Gasteiger partial charge in [0.1, 0.15) is 18.4 Å². The van der Waals surface area contributed by atoms with Gasteiger partial charge in [-0.25, -0.2) is 0 Å². The van der Waals surface area contributed by atoms with Gasteiger partial charge in [-0.2, -0.15) is 0 Å². The SMILES string of the molecule is C1=CC2=C3C=NC(CO3)C2=C1. The van der Waals surface area contributed by atoms with Gasteiger partial charge >= 0.3 is 0 Å². The van der Waals surface area contributed by atoms with E-state index in [4.69, 9.17) is 4.74 Å². The van der Waals surface area contributed by atoms with Crippen LogP contribution < -0.4 is 0 Å². The third-order valence-electron chi connectivity index (χ3n) is 2.24. The second-order valence-electron chi connectivity index (χ2n) is 2.86. The van der Waals surface area contributed by atoms with Crippen molar-refractivity contribution in [3.8, 4) is 0 Å². The molecule has 2 nitrogen and oxygen atoms in total. The molecule has 2 heteroatoms. The Balaban J connectivity index is 2.29. The van der Waals surface area contributed by atoms with E-state index in [1.807, 2.05) is 6.21 Å². The van der Waals surface area contributed by atoms with Crippen LogP contribution in [-0.4, -0.2) is 18.9 Å². The first kappa shape index (κ1) is 5.35. The highest BCUT2D eigenvalue weighted by Gasteiger charge is 2.29. The van der Waals surface area contributed by atoms with E-state index in [0.717, 1.165) is 12.4 Å². The molecule has 0 spiro atoms. The van der Waals surface area contributed by atoms with Gasteiger partial charge in [-0.05, 0) is 5.57 Å². The lowest BCUT2D eigenvalue weighted by molar-refractivity contribution is 0.200. The number of nitrogens with zero attached hydrogens (tertiary/aromatic N) is 1. The second-order valence-corrected chi connectivity index (χ2v) is 2.86. The normalized spacial score (nSPS) is 30.5. The Bertz CT molecular complexity index is 333. The van der Waals surface area contributed by atoms with Crippen molar-refractivity contribution in [2.75, 3.05) is 6.61 Å². The smallest absolute Gasteiger partial charge is 0.144 e. The van der Waals surface area contributed by atoms with Crippen LogP contribution in [0.3, 0.4) is 0 Å². The monoisotopic (exact) mass is 145 g/mol. The Morgan fingerprint density at radius 3 is 3.27 bits per heavy atom. The van der Waals surface area contributed by atoms with Gasteiger partial charge in [-0.3, -0.25) is 4.99 Å². The average Bonchev–Trinajstić information content (AvgIpc) is 2.55. The van der Waals surface area contributed by atoms with Gasteiger partial charge in [0.05, 0.1) is 6.21 Å². The van der Waals surface area contributed by atoms with Crippen LogP contribution in [0, 0.1) is 0 Å². The summed E-state index contributed by atoms with van der Waals surface area (Å²) in [6, 6.07) is 0.262. The van der Waals surface area contributed by atoms with Gasteiger partial charge < -0.3 is 4.74 Å². The van der Waals surface area contributed by atoms with Crippen molar-refractivity contribution in [1.82, 2.24) is 0 Å². The zero-order valence-electron chi connectivity index (χ0n) is 5.95. The molecule has 11 heavy (non-hydrogen) atoms. The molecule has 0 radical (unpaired) electrons. The van der Waals surface area contributed by atoms with Gasteiger partial charge in [0.25, 0.3) is 0 Å². The molecule has 0 aromatic carbocycles. The highest BCUT2D eigenvalue weighted by atomic mass is 16.5. The first-order valence-electron chi connectivity index (χ1n) is 3.74. The lowest BCUT2D eigenvalue weighted by atomic mass is 9.97. The predicted molar refractivity (Wildman–Crippen MR) is 42.5 cm³/mol. The average molecular weight is 145 g/mol. The number of hydrogen-bond acceptors (Lipinski definition) is 2. The Labute approximate surface area is 64.6 Å². The van der Waals surface area contributed by atoms with Crippen LogP contribution in [-0.2, 0) is 4.74 Å². The minimum atomic E-state index is 0.262. The van der Waals surface area contributed by atoms with Crippen molar-refractivity contribution < 1.29 is 4.74 Å². The summed E-state index contributed by atoms with van der Waals surface area (Å²) in [4.78, 5) is 4.32. The summed E-state index contributed by atoms with van der Waals surface area (Å²) in [7, 11) is 0. The Kier molecular flexibility index (Phi) is 0.799. The van der Waals surface area contributed by atoms with Gasteiger partial charge in [0.15, 0.2) is 0 Å². The van der Waals surface area contributed by atoms with Crippen molar-refractivity contribution >= 4 is 6.21 Å². The molecule has 0 aromatic rings. The van der Waals surface area contributed by atoms with Crippen molar-refractivity contribution in [2.45, 2.75) is 6.04 Å². The van der Waals surface area contributed by atoms with Crippen LogP contribution in [0.4, 0.5) is 0 Å². The molecule has 4 aliphatic rings. The minimum Gasteiger partial charge on any atom is -0.489 e. The molecule has 2 bridgehead atoms. The fraction of sp³-hybridized carbons (Fsp3) is 0.222. The zero-order valence-corrected chi connectivity index (χ0v) is 5.95. The van der Waals surface area contributed by atoms with Crippen LogP contribution in [0.5, 0.6) is 0 Å². The number of ether oxygens (including phenoxy) is 1. The standard InChI is InChI=1S/C9H7NO/c1-2-6-7(3-1)9-4-10-8(6)5-11-9/h1-4,8H,5H2. The van der Waals surface area contributed by atoms with Gasteiger partial charge in [0, 0.05) is 5.57 Å². The molecule has 0 saturated heterocycles. The minimum absolute atomic E-state index is 0.262. The molecule has 1 aliphatic carbocycles. The second kappa shape index (κ2) is 1.64. The molecule has 0 fully saturated rings. The molecule has 0 aromatic heterocycles. The summed E-state index contributed by atoms with van der Waals surface area (Å²) < 4.78 is 5.43. The summed E-state index contributed by atoms with van der Waals surface area (Å²) in [6.45, 7) is 0.725. The topological polar surface area (TPSA) is 21.6 Å². The molecule has 54 valence electrons. The van der Waals surface area contributed by atoms with E-state index >= 15 is 0 Å². The van der Waals surface area contributed by atoms with Crippen molar-refractivity contribution in [3.05, 3.63) is 35.1 Å². The summed E-state index contributed by atoms with van der Waals surface area (Å²) in [6.07, 6.45) is 8.10. The van der Waals surface area contributed by atoms with Crippen molar-refractivity contribution in [2.24, 2.45) is 4.99 Å². The fourth-order valence-electron chi connectivity index (χ4n) is 1.67. The van der Waals surface area contributed by atoms with Crippen LogP contribution in [0.2, 0.25) is 0 Å². The fourth-order valence-corrected chi connectivity index (χ4v) is 1.67. The molecule has 3 heterocycles. The van der Waals surface area contributed by atoms with Gasteiger partial charge in [-0.15, -0.1) is 0 Å². The molecular formula is C9H7NO. The third-order valence-corrected chi connectivity index (χ3v) is 2.24. The van der Waals surface area contributed by atoms with E-state index in [9.17, 15) is 0 Å². The molecule has 1 atom stereocenters. The summed E-state index contributed by atoms with van der Waals surface area (Å²) in [5.41, 5.74) is 2.56. The quantitative estimate of drug-likeness (QED) is 0.502. The molecular weight excluding hydrogens is 138 g/mol. The first-order chi connectivity index (χ1) is 5.45. The summed E-state index contributed by atoms with van der Waals surface area (Å²) in [5.74, 6) is 0.938. The van der Waals surface area contributed by atoms with Crippen LogP contribution in [0.25, 0.3) is 0 Å². The first-order valence-corrected chi connectivity index (χ1v) is 3.74. The number of aliphatic imine (C=N–C) groups is 1. The molecule has 3 aliphatic heterocycles. The largest absolute Gasteiger partial charge is 0.489 e. The van der Waals surface area contributed by atoms with Crippen molar-refractivity contribution in [3.63, 3.8) is 0 Å². The zero-order chi connectivity index (χ0) is 7.26. The summed E-state index contributed by atoms with van der Waals surface area (Å²) in [5, 5.41) is 0. The van der Waals surface area contributed by atoms with E-state index in [1.54, 1.807) is 0 Å². The molecule has 0 N–H and O–H groups in total. The molecule has 4 rings (SSSR count). The molecule has 0 amide bonds. The highest BCUT2D eigenvalue weighted by molar-refractivity contribution is 5.84. The van der Waals surface area contributed by atoms with E-state index in [2.05, 4.69) is 23.2 Å². The Hall–Kier alpha value is -1.31. The number of fused-ring (bicyclic) bond motifs is 1. The number of allylic oxidation sites excluding steroid dienone is 4.